The van der Waals surface area contributed by atoms with E-state index < -0.39 is 11.9 Å². The number of nitrogens with one attached hydrogen (secondary N) is 1. The van der Waals surface area contributed by atoms with Gasteiger partial charge in [0.05, 0.1) is 31.1 Å². The number of nitrogens with two attached hydrogens (primary N) is 2. The van der Waals surface area contributed by atoms with E-state index in [1.165, 1.54) is 14.0 Å². The van der Waals surface area contributed by atoms with Crippen LogP contribution in [0.2, 0.25) is 0 Å². The van der Waals surface area contributed by atoms with Crippen molar-refractivity contribution in [2.75, 3.05) is 33.4 Å². The van der Waals surface area contributed by atoms with Crippen LogP contribution in [0, 0.1) is 6.92 Å². The van der Waals surface area contributed by atoms with Gasteiger partial charge in [0.25, 0.3) is 0 Å². The Bertz CT molecular complexity index is 803. The van der Waals surface area contributed by atoms with Gasteiger partial charge >= 0.3 is 5.97 Å². The molecule has 2 rings (SSSR count). The molecule has 0 spiro atoms. The molecule has 8 heteroatoms. The Hall–Kier alpha value is -2.81. The molecule has 1 heterocycles. The van der Waals surface area contributed by atoms with Gasteiger partial charge in [0.2, 0.25) is 0 Å². The van der Waals surface area contributed by atoms with Gasteiger partial charge in [-0.25, -0.2) is 4.79 Å². The van der Waals surface area contributed by atoms with Gasteiger partial charge in [0.15, 0.2) is 5.78 Å². The van der Waals surface area contributed by atoms with Crippen LogP contribution >= 0.6 is 0 Å². The Morgan fingerprint density at radius 3 is 2.15 bits per heavy atom. The molecule has 0 aromatic heterocycles. The predicted octanol–water partition coefficient (Wildman–Crippen LogP) is 2.75. The van der Waals surface area contributed by atoms with Gasteiger partial charge in [0, 0.05) is 23.7 Å². The van der Waals surface area contributed by atoms with E-state index in [2.05, 4.69) is 11.1 Å². The Morgan fingerprint density at radius 1 is 1.09 bits per heavy atom. The molecule has 0 saturated carbocycles. The number of ketones is 1. The Labute approximate surface area is 198 Å². The van der Waals surface area contributed by atoms with E-state index >= 15 is 0 Å². The van der Waals surface area contributed by atoms with Crippen LogP contribution in [-0.2, 0) is 23.9 Å². The molecule has 33 heavy (non-hydrogen) atoms. The lowest BCUT2D eigenvalue weighted by Gasteiger charge is -2.32. The van der Waals surface area contributed by atoms with Crippen molar-refractivity contribution in [2.24, 2.45) is 11.5 Å². The van der Waals surface area contributed by atoms with Crippen molar-refractivity contribution in [3.05, 3.63) is 57.9 Å². The number of dihydropyridines is 1. The van der Waals surface area contributed by atoms with Crippen LogP contribution in [0.1, 0.15) is 51.7 Å². The number of Topliss-reactive ketones (excluding diaryl/α,β-unsaturated/α-hetero) is 1. The summed E-state index contributed by atoms with van der Waals surface area (Å²) in [5.74, 6) is -1.03. The first kappa shape index (κ1) is 32.4. The summed E-state index contributed by atoms with van der Waals surface area (Å²) in [5, 5.41) is 3.19. The monoisotopic (exact) mass is 463 g/mol. The fraction of sp³-hybridized carbons (Fsp3) is 0.480. The average molecular weight is 464 g/mol. The molecule has 1 unspecified atom stereocenters. The Balaban J connectivity index is 0. The van der Waals surface area contributed by atoms with Gasteiger partial charge in [-0.2, -0.15) is 0 Å². The third kappa shape index (κ3) is 9.29. The molecule has 5 N–H and O–H groups in total. The van der Waals surface area contributed by atoms with Crippen LogP contribution in [0.3, 0.4) is 0 Å². The van der Waals surface area contributed by atoms with Crippen molar-refractivity contribution in [1.29, 1.82) is 0 Å². The summed E-state index contributed by atoms with van der Waals surface area (Å²) in [6.45, 7) is 14.3. The maximum absolute atomic E-state index is 12.9. The average Bonchev–Trinajstić information content (AvgIpc) is 2.83. The smallest absolute Gasteiger partial charge is 0.336 e. The summed E-state index contributed by atoms with van der Waals surface area (Å²) in [7, 11) is 1.50. The van der Waals surface area contributed by atoms with Crippen LogP contribution in [0.15, 0.2) is 46.8 Å². The molecule has 0 saturated heterocycles. The minimum absolute atomic E-state index is 0.0861. The molecule has 1 aromatic rings. The van der Waals surface area contributed by atoms with Gasteiger partial charge in [-0.05, 0) is 45.9 Å². The molecular weight excluding hydrogens is 422 g/mol. The number of carbonyl (C=O) groups excluding carboxylic acids is 3. The predicted molar refractivity (Wildman–Crippen MR) is 133 cm³/mol. The Kier molecular flexibility index (Phi) is 18.4. The lowest BCUT2D eigenvalue weighted by atomic mass is 9.77. The third-order valence-electron chi connectivity index (χ3n) is 4.53. The molecule has 1 atom stereocenters. The van der Waals surface area contributed by atoms with Crippen LogP contribution in [0.25, 0.3) is 0 Å². The van der Waals surface area contributed by atoms with Crippen molar-refractivity contribution in [2.45, 2.75) is 47.5 Å². The molecule has 0 amide bonds. The number of esters is 1. The van der Waals surface area contributed by atoms with Crippen LogP contribution in [0.5, 0.6) is 0 Å². The topological polar surface area (TPSA) is 134 Å². The van der Waals surface area contributed by atoms with Gasteiger partial charge in [-0.1, -0.05) is 38.1 Å². The van der Waals surface area contributed by atoms with Crippen LogP contribution < -0.4 is 16.8 Å². The number of allylic oxidation sites excluding steroid dienone is 2. The number of ether oxygens (including phenoxy) is 2. The van der Waals surface area contributed by atoms with Gasteiger partial charge < -0.3 is 31.1 Å². The summed E-state index contributed by atoms with van der Waals surface area (Å²) in [5.41, 5.74) is 14.2. The standard InChI is InChI=1S/C21H28N2O4.C2H6.CH5N.CH2O/c1-5-27-21(25)20-17(12-26-11-10-22)23-14(3)18(15(4)24)19(20)16-9-7-6-8-13(16)2;3*1-2/h6-9,19,23H,5,10-12,22H2,1-4H3;1-2H3;2H2,1H3;1H2. The van der Waals surface area contributed by atoms with Gasteiger partial charge in [0.1, 0.15) is 6.79 Å². The highest BCUT2D eigenvalue weighted by molar-refractivity contribution is 6.02. The van der Waals surface area contributed by atoms with Crippen molar-refractivity contribution in [3.63, 3.8) is 0 Å². The first-order valence-electron chi connectivity index (χ1n) is 11.0. The van der Waals surface area contributed by atoms with Gasteiger partial charge in [-0.15, -0.1) is 0 Å². The van der Waals surface area contributed by atoms with Crippen LogP contribution in [-0.4, -0.2) is 52.0 Å². The maximum Gasteiger partial charge on any atom is 0.336 e. The molecule has 0 radical (unpaired) electrons. The SMILES string of the molecule is C=O.CC.CCOC(=O)C1=C(COCCN)NC(C)=C(C(C)=O)C1c1ccccc1C.CN. The lowest BCUT2D eigenvalue weighted by Crippen LogP contribution is -2.34. The molecule has 0 bridgehead atoms. The molecule has 1 aliphatic rings. The van der Waals surface area contributed by atoms with E-state index in [0.29, 0.717) is 30.0 Å². The fourth-order valence-corrected chi connectivity index (χ4v) is 3.41. The summed E-state index contributed by atoms with van der Waals surface area (Å²) in [6.07, 6.45) is 0. The highest BCUT2D eigenvalue weighted by atomic mass is 16.5. The highest BCUT2D eigenvalue weighted by Gasteiger charge is 2.37. The highest BCUT2D eigenvalue weighted by Crippen LogP contribution is 2.40. The largest absolute Gasteiger partial charge is 0.463 e. The molecule has 0 aliphatic carbocycles. The summed E-state index contributed by atoms with van der Waals surface area (Å²) in [4.78, 5) is 33.4. The zero-order valence-corrected chi connectivity index (χ0v) is 21.1. The van der Waals surface area contributed by atoms with E-state index in [-0.39, 0.29) is 19.0 Å². The Morgan fingerprint density at radius 2 is 1.67 bits per heavy atom. The first-order chi connectivity index (χ1) is 15.9. The molecular formula is C25H41N3O5. The number of hydrogen-bond acceptors (Lipinski definition) is 8. The minimum atomic E-state index is -0.500. The summed E-state index contributed by atoms with van der Waals surface area (Å²) in [6, 6.07) is 7.75. The number of hydrogen-bond donors (Lipinski definition) is 3. The lowest BCUT2D eigenvalue weighted by molar-refractivity contribution is -0.139. The van der Waals surface area contributed by atoms with E-state index in [1.807, 2.05) is 58.7 Å². The van der Waals surface area contributed by atoms with Crippen molar-refractivity contribution in [1.82, 2.24) is 5.32 Å². The second kappa shape index (κ2) is 18.7. The minimum Gasteiger partial charge on any atom is -0.463 e. The number of benzene rings is 1. The number of carbonyl (C=O) groups is 3. The number of aryl methyl sites for hydroxylation is 1. The zero-order valence-electron chi connectivity index (χ0n) is 21.1. The number of rotatable bonds is 8. The third-order valence-corrected chi connectivity index (χ3v) is 4.53. The first-order valence-corrected chi connectivity index (χ1v) is 11.0. The molecule has 0 fully saturated rings. The summed E-state index contributed by atoms with van der Waals surface area (Å²) >= 11 is 0. The molecule has 1 aliphatic heterocycles. The molecule has 186 valence electrons. The van der Waals surface area contributed by atoms with Crippen molar-refractivity contribution < 1.29 is 23.9 Å². The zero-order chi connectivity index (χ0) is 26.0. The van der Waals surface area contributed by atoms with E-state index in [4.69, 9.17) is 20.0 Å². The van der Waals surface area contributed by atoms with Crippen molar-refractivity contribution in [3.8, 4) is 0 Å². The quantitative estimate of drug-likeness (QED) is 0.396. The van der Waals surface area contributed by atoms with Crippen LogP contribution in [0.4, 0.5) is 0 Å². The van der Waals surface area contributed by atoms with Gasteiger partial charge in [-0.3, -0.25) is 4.79 Å². The van der Waals surface area contributed by atoms with E-state index in [0.717, 1.165) is 16.8 Å². The summed E-state index contributed by atoms with van der Waals surface area (Å²) < 4.78 is 10.9. The maximum atomic E-state index is 12.9. The fourth-order valence-electron chi connectivity index (χ4n) is 3.41. The second-order valence-electron chi connectivity index (χ2n) is 6.46. The van der Waals surface area contributed by atoms with E-state index in [9.17, 15) is 9.59 Å². The molecule has 8 nitrogen and oxygen atoms in total. The molecule has 1 aromatic carbocycles. The van der Waals surface area contributed by atoms with Crippen molar-refractivity contribution >= 4 is 18.5 Å². The van der Waals surface area contributed by atoms with E-state index in [1.54, 1.807) is 6.92 Å². The normalized spacial score (nSPS) is 14.4. The second-order valence-corrected chi connectivity index (χ2v) is 6.46.